The summed E-state index contributed by atoms with van der Waals surface area (Å²) < 4.78 is 2.29. The molecule has 0 fully saturated rings. The molecule has 23 aromatic rings. The Balaban J connectivity index is 0.000000134. The number of thiophene rings is 1. The molecule has 6 heterocycles. The standard InChI is InChI=1S/C64H39NS.C54H31N3S2/c1-3-17-40(18-4-1)41-31-33-42(34-32-41)61-47-23-7-9-25-49(47)62(50-26-10-8-24-48(50)61)44-35-36-58-52(37-44)51-38-57-60(39-53(51)63(65-58)43-19-5-2-6-20-43)66-59-30-16-15-29-56(59)64(57)54-27-13-11-21-45(54)46-22-12-14-28-55(46)64;1-3-15-32(16-4-1)49-40-31-48-44(54(43-24-12-14-26-47(43)58-48)41-22-10-7-19-35(41)36-20-8-11-23-42(36)54)30-38(40)39-29-34(27-28-45(39)55-49)50-52-51(37-21-9-13-25-46(37)59-52)57-53(56-50)33-17-5-2-6-18-33/h1-39H;1-31H. The quantitative estimate of drug-likeness (QED) is 0.117. The van der Waals surface area contributed by atoms with Crippen molar-refractivity contribution < 1.29 is 0 Å². The highest BCUT2D eigenvalue weighted by Crippen LogP contribution is 2.66. The lowest BCUT2D eigenvalue weighted by Gasteiger charge is -2.40. The molecule has 0 saturated heterocycles. The third-order valence-corrected chi connectivity index (χ3v) is 30.1. The van der Waals surface area contributed by atoms with Gasteiger partial charge in [-0.1, -0.05) is 381 Å². The van der Waals surface area contributed by atoms with Crippen LogP contribution in [0.1, 0.15) is 44.5 Å². The maximum Gasteiger partial charge on any atom is 0.160 e. The summed E-state index contributed by atoms with van der Waals surface area (Å²) in [6.45, 7) is 0. The van der Waals surface area contributed by atoms with Gasteiger partial charge in [0.2, 0.25) is 0 Å². The van der Waals surface area contributed by atoms with Crippen LogP contribution in [0.2, 0.25) is 0 Å². The Labute approximate surface area is 734 Å². The smallest absolute Gasteiger partial charge is 0.160 e. The van der Waals surface area contributed by atoms with Gasteiger partial charge in [0, 0.05) is 73.5 Å². The van der Waals surface area contributed by atoms with Crippen LogP contribution in [-0.4, -0.2) is 19.9 Å². The molecule has 2 aliphatic heterocycles. The monoisotopic (exact) mass is 1640 g/mol. The fourth-order valence-electron chi connectivity index (χ4n) is 21.3. The van der Waals surface area contributed by atoms with E-state index in [-0.39, 0.29) is 0 Å². The van der Waals surface area contributed by atoms with Crippen molar-refractivity contribution in [2.24, 2.45) is 0 Å². The second kappa shape index (κ2) is 28.3. The number of aromatic nitrogens is 4. The van der Waals surface area contributed by atoms with E-state index in [1.807, 2.05) is 29.6 Å². The Morgan fingerprint density at radius 3 is 1.02 bits per heavy atom. The van der Waals surface area contributed by atoms with Crippen molar-refractivity contribution in [3.05, 3.63) is 469 Å². The van der Waals surface area contributed by atoms with Crippen LogP contribution in [0.5, 0.6) is 0 Å². The molecule has 0 saturated carbocycles. The molecule has 4 aromatic heterocycles. The minimum atomic E-state index is -0.487. The molecule has 0 N–H and O–H groups in total. The van der Waals surface area contributed by atoms with Gasteiger partial charge in [-0.2, -0.15) is 0 Å². The van der Waals surface area contributed by atoms with Crippen LogP contribution in [0.25, 0.3) is 186 Å². The van der Waals surface area contributed by atoms with E-state index in [9.17, 15) is 0 Å². The maximum atomic E-state index is 5.56. The molecule has 4 aliphatic rings. The molecule has 4 nitrogen and oxygen atoms in total. The Morgan fingerprint density at radius 2 is 0.544 bits per heavy atom. The summed E-state index contributed by atoms with van der Waals surface area (Å²) in [5, 5.41) is 13.1. The number of pyridine rings is 2. The molecule has 7 heteroatoms. The van der Waals surface area contributed by atoms with Crippen LogP contribution in [0, 0.1) is 0 Å². The normalized spacial score (nSPS) is 13.3. The summed E-state index contributed by atoms with van der Waals surface area (Å²) >= 11 is 5.53. The van der Waals surface area contributed by atoms with E-state index in [2.05, 4.69) is 419 Å². The van der Waals surface area contributed by atoms with E-state index in [0.29, 0.717) is 0 Å². The molecule has 2 spiro atoms. The molecule has 0 atom stereocenters. The first-order chi connectivity index (χ1) is 62.0. The molecular weight excluding hydrogens is 1570 g/mol. The van der Waals surface area contributed by atoms with E-state index >= 15 is 0 Å². The van der Waals surface area contributed by atoms with E-state index in [1.54, 1.807) is 11.3 Å². The largest absolute Gasteiger partial charge is 0.247 e. The molecule has 0 amide bonds. The van der Waals surface area contributed by atoms with Gasteiger partial charge in [0.1, 0.15) is 0 Å². The number of benzene rings is 19. The van der Waals surface area contributed by atoms with E-state index in [4.69, 9.17) is 19.9 Å². The van der Waals surface area contributed by atoms with Crippen molar-refractivity contribution in [1.29, 1.82) is 0 Å². The molecule has 0 unspecified atom stereocenters. The first-order valence-electron chi connectivity index (χ1n) is 42.7. The van der Waals surface area contributed by atoms with Crippen molar-refractivity contribution in [3.8, 4) is 101 Å². The van der Waals surface area contributed by atoms with E-state index in [0.717, 1.165) is 93.3 Å². The lowest BCUT2D eigenvalue weighted by Crippen LogP contribution is -2.32. The van der Waals surface area contributed by atoms with Crippen molar-refractivity contribution in [1.82, 2.24) is 19.9 Å². The van der Waals surface area contributed by atoms with Gasteiger partial charge in [-0.05, 0) is 199 Å². The van der Waals surface area contributed by atoms with Crippen LogP contribution >= 0.6 is 34.9 Å². The second-order valence-electron chi connectivity index (χ2n) is 33.1. The minimum absolute atomic E-state index is 0.486. The van der Waals surface area contributed by atoms with Crippen molar-refractivity contribution in [2.75, 3.05) is 0 Å². The predicted octanol–water partition coefficient (Wildman–Crippen LogP) is 31.6. The number of hydrogen-bond donors (Lipinski definition) is 0. The molecule has 0 bridgehead atoms. The number of hydrogen-bond acceptors (Lipinski definition) is 7. The van der Waals surface area contributed by atoms with Gasteiger partial charge < -0.3 is 0 Å². The summed E-state index contributed by atoms with van der Waals surface area (Å²) in [6.07, 6.45) is 0. The summed E-state index contributed by atoms with van der Waals surface area (Å²) in [6, 6.07) is 156. The second-order valence-corrected chi connectivity index (χ2v) is 36.3. The van der Waals surface area contributed by atoms with Gasteiger partial charge in [-0.25, -0.2) is 19.9 Å². The molecular formula is C118H70N4S3. The van der Waals surface area contributed by atoms with Crippen LogP contribution in [0.4, 0.5) is 0 Å². The first kappa shape index (κ1) is 71.7. The summed E-state index contributed by atoms with van der Waals surface area (Å²) in [5.41, 5.74) is 32.4. The summed E-state index contributed by atoms with van der Waals surface area (Å²) in [7, 11) is 0. The SMILES string of the molecule is c1ccc(-c2ccc(-c3c4ccccc4c(-c4ccc5nc(-c6ccccc6)c6cc7c(cc6c5c4)C4(c5ccccc5S7)c5ccccc5-c5ccccc54)c4ccccc34)cc2)cc1.c1ccc(-c2nc(-c3ccc4nc(-c5ccccc5)c5cc6c(cc5c4c3)C3(c4ccccc4S6)c4ccccc4-c4ccccc43)c3sc4ccccc4c3n2)cc1. The average molecular weight is 1640 g/mol. The Bertz CT molecular complexity index is 8330. The highest BCUT2D eigenvalue weighted by Gasteiger charge is 2.52. The van der Waals surface area contributed by atoms with E-state index < -0.39 is 10.8 Å². The third kappa shape index (κ3) is 10.8. The zero-order valence-corrected chi connectivity index (χ0v) is 69.9. The fraction of sp³-hybridized carbons (Fsp3) is 0.0169. The molecule has 580 valence electrons. The molecule has 0 radical (unpaired) electrons. The van der Waals surface area contributed by atoms with Gasteiger partial charge in [0.15, 0.2) is 5.82 Å². The zero-order chi connectivity index (χ0) is 82.0. The molecule has 27 rings (SSSR count). The number of fused-ring (bicyclic) bond motifs is 29. The molecule has 125 heavy (non-hydrogen) atoms. The minimum Gasteiger partial charge on any atom is -0.247 e. The first-order valence-corrected chi connectivity index (χ1v) is 45.2. The van der Waals surface area contributed by atoms with Gasteiger partial charge in [0.05, 0.1) is 49.2 Å². The van der Waals surface area contributed by atoms with Crippen LogP contribution in [0.15, 0.2) is 444 Å². The maximum absolute atomic E-state index is 5.56. The van der Waals surface area contributed by atoms with Crippen molar-refractivity contribution >= 4 is 120 Å². The summed E-state index contributed by atoms with van der Waals surface area (Å²) in [5.74, 6) is 0.726. The van der Waals surface area contributed by atoms with Gasteiger partial charge in [-0.15, -0.1) is 11.3 Å². The van der Waals surface area contributed by atoms with Crippen LogP contribution in [-0.2, 0) is 10.8 Å². The van der Waals surface area contributed by atoms with E-state index in [1.165, 1.54) is 157 Å². The van der Waals surface area contributed by atoms with Gasteiger partial charge in [-0.3, -0.25) is 0 Å². The topological polar surface area (TPSA) is 51.6 Å². The predicted molar refractivity (Wildman–Crippen MR) is 523 cm³/mol. The van der Waals surface area contributed by atoms with Gasteiger partial charge >= 0.3 is 0 Å². The molecule has 19 aromatic carbocycles. The zero-order valence-electron chi connectivity index (χ0n) is 67.4. The average Bonchev–Trinajstić information content (AvgIpc) is 1.54. The number of nitrogens with zero attached hydrogens (tertiary/aromatic N) is 4. The third-order valence-electron chi connectivity index (χ3n) is 26.6. The summed E-state index contributed by atoms with van der Waals surface area (Å²) in [4.78, 5) is 26.7. The van der Waals surface area contributed by atoms with Crippen LogP contribution < -0.4 is 0 Å². The van der Waals surface area contributed by atoms with Crippen molar-refractivity contribution in [3.63, 3.8) is 0 Å². The fourth-order valence-corrected chi connectivity index (χ4v) is 24.9. The van der Waals surface area contributed by atoms with Gasteiger partial charge in [0.25, 0.3) is 0 Å². The highest BCUT2D eigenvalue weighted by atomic mass is 32.2. The lowest BCUT2D eigenvalue weighted by atomic mass is 9.67. The van der Waals surface area contributed by atoms with Crippen LogP contribution in [0.3, 0.4) is 0 Å². The van der Waals surface area contributed by atoms with Crippen molar-refractivity contribution in [2.45, 2.75) is 30.4 Å². The molecule has 2 aliphatic carbocycles. The Kier molecular flexibility index (Phi) is 16.2. The lowest BCUT2D eigenvalue weighted by molar-refractivity contribution is 0.724. The highest BCUT2D eigenvalue weighted by molar-refractivity contribution is 7.99. The number of rotatable bonds is 7. The Hall–Kier alpha value is -15.0. The Morgan fingerprint density at radius 1 is 0.192 bits per heavy atom.